The van der Waals surface area contributed by atoms with E-state index in [2.05, 4.69) is 65.1 Å². The highest BCUT2D eigenvalue weighted by molar-refractivity contribution is 8.00. The van der Waals surface area contributed by atoms with Crippen molar-refractivity contribution in [3.8, 4) is 0 Å². The van der Waals surface area contributed by atoms with Gasteiger partial charge in [-0.25, -0.2) is 0 Å². The summed E-state index contributed by atoms with van der Waals surface area (Å²) in [5.41, 5.74) is 2.77. The largest absolute Gasteiger partial charge is 0.312 e. The molecule has 1 aromatic rings. The van der Waals surface area contributed by atoms with Crippen LogP contribution in [0.3, 0.4) is 0 Å². The van der Waals surface area contributed by atoms with Crippen molar-refractivity contribution in [3.63, 3.8) is 0 Å². The predicted molar refractivity (Wildman–Crippen MR) is 83.3 cm³/mol. The predicted octanol–water partition coefficient (Wildman–Crippen LogP) is 4.63. The molecular weight excluding hydrogens is 238 g/mol. The fraction of sp³-hybridized carbons (Fsp3) is 0.625. The molecule has 1 aromatic carbocycles. The molecule has 18 heavy (non-hydrogen) atoms. The molecule has 0 saturated carbocycles. The average molecular weight is 265 g/mol. The second kappa shape index (κ2) is 6.63. The fourth-order valence-corrected chi connectivity index (χ4v) is 2.79. The molecule has 0 aliphatic rings. The van der Waals surface area contributed by atoms with Crippen LogP contribution in [0.25, 0.3) is 0 Å². The second-order valence-electron chi connectivity index (χ2n) is 6.34. The van der Waals surface area contributed by atoms with Crippen LogP contribution in [0, 0.1) is 12.8 Å². The number of benzene rings is 1. The molecule has 1 rings (SSSR count). The van der Waals surface area contributed by atoms with Gasteiger partial charge in [0.15, 0.2) is 0 Å². The third-order valence-corrected chi connectivity index (χ3v) is 3.83. The van der Waals surface area contributed by atoms with Crippen molar-refractivity contribution in [1.29, 1.82) is 0 Å². The first-order valence-electron chi connectivity index (χ1n) is 6.77. The second-order valence-corrected chi connectivity index (χ2v) is 8.21. The molecular formula is C16H27NS. The monoisotopic (exact) mass is 265 g/mol. The Balaban J connectivity index is 2.62. The zero-order chi connectivity index (χ0) is 13.8. The highest BCUT2D eigenvalue weighted by Gasteiger charge is 2.13. The van der Waals surface area contributed by atoms with E-state index in [9.17, 15) is 0 Å². The zero-order valence-corrected chi connectivity index (χ0v) is 13.4. The Hall–Kier alpha value is -0.470. The number of nitrogens with one attached hydrogen (secondary N) is 1. The van der Waals surface area contributed by atoms with E-state index in [1.54, 1.807) is 0 Å². The molecule has 0 aliphatic heterocycles. The van der Waals surface area contributed by atoms with Gasteiger partial charge in [0, 0.05) is 16.2 Å². The lowest BCUT2D eigenvalue weighted by Gasteiger charge is -2.19. The minimum absolute atomic E-state index is 0.280. The van der Waals surface area contributed by atoms with Crippen molar-refractivity contribution in [2.24, 2.45) is 5.92 Å². The lowest BCUT2D eigenvalue weighted by Crippen LogP contribution is -2.19. The van der Waals surface area contributed by atoms with Crippen LogP contribution in [-0.2, 0) is 6.54 Å². The molecule has 0 saturated heterocycles. The molecule has 1 nitrogen and oxygen atoms in total. The van der Waals surface area contributed by atoms with Crippen molar-refractivity contribution in [2.75, 3.05) is 6.54 Å². The molecule has 0 unspecified atom stereocenters. The molecule has 0 bridgehead atoms. The first-order chi connectivity index (χ1) is 8.28. The quantitative estimate of drug-likeness (QED) is 0.779. The van der Waals surface area contributed by atoms with Crippen molar-refractivity contribution >= 4 is 11.8 Å². The van der Waals surface area contributed by atoms with Gasteiger partial charge in [0.1, 0.15) is 0 Å². The van der Waals surface area contributed by atoms with Crippen LogP contribution in [0.5, 0.6) is 0 Å². The van der Waals surface area contributed by atoms with Gasteiger partial charge in [-0.2, -0.15) is 0 Å². The van der Waals surface area contributed by atoms with E-state index in [4.69, 9.17) is 0 Å². The molecule has 102 valence electrons. The van der Waals surface area contributed by atoms with Crippen LogP contribution in [0.15, 0.2) is 23.1 Å². The summed E-state index contributed by atoms with van der Waals surface area (Å²) in [6.07, 6.45) is 0. The van der Waals surface area contributed by atoms with Crippen LogP contribution >= 0.6 is 11.8 Å². The minimum Gasteiger partial charge on any atom is -0.312 e. The maximum atomic E-state index is 3.49. The Morgan fingerprint density at radius 1 is 1.22 bits per heavy atom. The molecule has 0 aromatic heterocycles. The normalized spacial score (nSPS) is 12.2. The molecule has 1 N–H and O–H groups in total. The highest BCUT2D eigenvalue weighted by Crippen LogP contribution is 2.34. The number of thioether (sulfide) groups is 1. The minimum atomic E-state index is 0.280. The van der Waals surface area contributed by atoms with Gasteiger partial charge in [-0.15, -0.1) is 11.8 Å². The van der Waals surface area contributed by atoms with Gasteiger partial charge in [-0.05, 0) is 36.6 Å². The summed E-state index contributed by atoms with van der Waals surface area (Å²) in [4.78, 5) is 1.40. The number of aryl methyl sites for hydroxylation is 1. The van der Waals surface area contributed by atoms with Crippen LogP contribution < -0.4 is 5.32 Å². The Kier molecular flexibility index (Phi) is 5.74. The van der Waals surface area contributed by atoms with Gasteiger partial charge >= 0.3 is 0 Å². The summed E-state index contributed by atoms with van der Waals surface area (Å²) < 4.78 is 0.280. The number of hydrogen-bond donors (Lipinski definition) is 1. The lowest BCUT2D eigenvalue weighted by molar-refractivity contribution is 0.552. The van der Waals surface area contributed by atoms with Gasteiger partial charge in [-0.1, -0.05) is 46.8 Å². The zero-order valence-electron chi connectivity index (χ0n) is 12.6. The van der Waals surface area contributed by atoms with Crippen LogP contribution in [0.4, 0.5) is 0 Å². The van der Waals surface area contributed by atoms with Gasteiger partial charge in [-0.3, -0.25) is 0 Å². The smallest absolute Gasteiger partial charge is 0.0205 e. The first kappa shape index (κ1) is 15.6. The van der Waals surface area contributed by atoms with E-state index < -0.39 is 0 Å². The van der Waals surface area contributed by atoms with Crippen LogP contribution in [0.1, 0.15) is 45.7 Å². The molecule has 0 fully saturated rings. The van der Waals surface area contributed by atoms with Crippen LogP contribution in [0.2, 0.25) is 0 Å². The Morgan fingerprint density at radius 3 is 2.39 bits per heavy atom. The van der Waals surface area contributed by atoms with Crippen molar-refractivity contribution in [1.82, 2.24) is 5.32 Å². The van der Waals surface area contributed by atoms with Gasteiger partial charge in [0.2, 0.25) is 0 Å². The maximum Gasteiger partial charge on any atom is 0.0205 e. The molecule has 0 spiro atoms. The SMILES string of the molecule is Cc1cc(CNCC(C)C)ccc1SC(C)(C)C. The molecule has 0 atom stereocenters. The summed E-state index contributed by atoms with van der Waals surface area (Å²) in [6, 6.07) is 6.81. The lowest BCUT2D eigenvalue weighted by atomic mass is 10.1. The third-order valence-electron chi connectivity index (χ3n) is 2.54. The van der Waals surface area contributed by atoms with Crippen LogP contribution in [-0.4, -0.2) is 11.3 Å². The fourth-order valence-electron chi connectivity index (χ4n) is 1.77. The standard InChI is InChI=1S/C16H27NS/c1-12(2)10-17-11-14-7-8-15(13(3)9-14)18-16(4,5)6/h7-9,12,17H,10-11H2,1-6H3. The van der Waals surface area contributed by atoms with Gasteiger partial charge < -0.3 is 5.32 Å². The Bertz CT molecular complexity index is 377. The number of rotatable bonds is 5. The summed E-state index contributed by atoms with van der Waals surface area (Å²) in [5.74, 6) is 0.710. The van der Waals surface area contributed by atoms with E-state index in [0.717, 1.165) is 13.1 Å². The molecule has 0 heterocycles. The van der Waals surface area contributed by atoms with E-state index >= 15 is 0 Å². The summed E-state index contributed by atoms with van der Waals surface area (Å²) in [6.45, 7) is 15.5. The third kappa shape index (κ3) is 5.92. The molecule has 0 aliphatic carbocycles. The van der Waals surface area contributed by atoms with Crippen molar-refractivity contribution in [3.05, 3.63) is 29.3 Å². The van der Waals surface area contributed by atoms with Crippen molar-refractivity contribution < 1.29 is 0 Å². The highest BCUT2D eigenvalue weighted by atomic mass is 32.2. The number of hydrogen-bond acceptors (Lipinski definition) is 2. The average Bonchev–Trinajstić information content (AvgIpc) is 2.19. The van der Waals surface area contributed by atoms with E-state index in [1.165, 1.54) is 16.0 Å². The van der Waals surface area contributed by atoms with Gasteiger partial charge in [0.05, 0.1) is 0 Å². The summed E-state index contributed by atoms with van der Waals surface area (Å²) in [7, 11) is 0. The summed E-state index contributed by atoms with van der Waals surface area (Å²) in [5, 5.41) is 3.49. The summed E-state index contributed by atoms with van der Waals surface area (Å²) >= 11 is 1.94. The van der Waals surface area contributed by atoms with Crippen molar-refractivity contribution in [2.45, 2.75) is 57.7 Å². The van der Waals surface area contributed by atoms with E-state index in [0.29, 0.717) is 5.92 Å². The van der Waals surface area contributed by atoms with E-state index in [1.807, 2.05) is 11.8 Å². The first-order valence-corrected chi connectivity index (χ1v) is 7.59. The van der Waals surface area contributed by atoms with E-state index in [-0.39, 0.29) is 4.75 Å². The maximum absolute atomic E-state index is 3.49. The van der Waals surface area contributed by atoms with Gasteiger partial charge in [0.25, 0.3) is 0 Å². The Labute approximate surface area is 117 Å². The molecule has 0 amide bonds. The topological polar surface area (TPSA) is 12.0 Å². The molecule has 2 heteroatoms. The molecule has 0 radical (unpaired) electrons. The Morgan fingerprint density at radius 2 is 1.89 bits per heavy atom.